The Hall–Kier alpha value is -1.14. The van der Waals surface area contributed by atoms with Gasteiger partial charge in [0, 0.05) is 19.1 Å². The van der Waals surface area contributed by atoms with E-state index in [4.69, 9.17) is 0 Å². The molecule has 0 spiro atoms. The molecule has 28 heavy (non-hydrogen) atoms. The van der Waals surface area contributed by atoms with Crippen LogP contribution in [0.3, 0.4) is 0 Å². The van der Waals surface area contributed by atoms with Crippen molar-refractivity contribution < 1.29 is 8.42 Å². The highest BCUT2D eigenvalue weighted by Crippen LogP contribution is 2.45. The molecule has 0 fully saturated rings. The lowest BCUT2D eigenvalue weighted by Crippen LogP contribution is -2.49. The van der Waals surface area contributed by atoms with E-state index in [-0.39, 0.29) is 4.90 Å². The third kappa shape index (κ3) is 5.47. The number of nitrogens with zero attached hydrogens (tertiary/aromatic N) is 2. The van der Waals surface area contributed by atoms with Gasteiger partial charge in [-0.15, -0.1) is 4.40 Å². The second kappa shape index (κ2) is 10.1. The van der Waals surface area contributed by atoms with Gasteiger partial charge in [0.1, 0.15) is 5.84 Å². The number of amidine groups is 1. The summed E-state index contributed by atoms with van der Waals surface area (Å²) in [7, 11) is -5.55. The van der Waals surface area contributed by atoms with Crippen molar-refractivity contribution in [3.05, 3.63) is 29.8 Å². The second-order valence-corrected chi connectivity index (χ2v) is 16.4. The Kier molecular flexibility index (Phi) is 8.94. The van der Waals surface area contributed by atoms with Gasteiger partial charge in [-0.3, -0.25) is 0 Å². The average Bonchev–Trinajstić information content (AvgIpc) is 2.59. The molecule has 6 heteroatoms. The van der Waals surface area contributed by atoms with Crippen LogP contribution >= 0.6 is 0 Å². The van der Waals surface area contributed by atoms with Crippen molar-refractivity contribution in [2.75, 3.05) is 13.1 Å². The molecule has 0 heterocycles. The number of sulfonamides is 1. The highest BCUT2D eigenvalue weighted by Gasteiger charge is 2.44. The minimum absolute atomic E-state index is 0.272. The fourth-order valence-corrected chi connectivity index (χ4v) is 11.8. The first-order valence-corrected chi connectivity index (χ1v) is 14.5. The third-order valence-corrected chi connectivity index (χ3v) is 15.1. The smallest absolute Gasteiger partial charge is 0.283 e. The van der Waals surface area contributed by atoms with Crippen molar-refractivity contribution in [2.24, 2.45) is 4.40 Å². The van der Waals surface area contributed by atoms with Gasteiger partial charge in [0.15, 0.2) is 0 Å². The summed E-state index contributed by atoms with van der Waals surface area (Å²) < 4.78 is 30.6. The Bertz CT molecular complexity index is 727. The molecular formula is C22H40N2O2SSi. The molecule has 0 saturated carbocycles. The molecule has 0 aromatic heterocycles. The van der Waals surface area contributed by atoms with E-state index in [2.05, 4.69) is 64.7 Å². The maximum absolute atomic E-state index is 13.1. The molecule has 0 aliphatic rings. The second-order valence-electron chi connectivity index (χ2n) is 8.72. The van der Waals surface area contributed by atoms with Gasteiger partial charge < -0.3 is 4.90 Å². The van der Waals surface area contributed by atoms with Crippen LogP contribution in [-0.4, -0.2) is 40.3 Å². The van der Waals surface area contributed by atoms with Crippen LogP contribution < -0.4 is 0 Å². The lowest BCUT2D eigenvalue weighted by molar-refractivity contribution is 0.461. The highest BCUT2D eigenvalue weighted by atomic mass is 32.2. The number of aryl methyl sites for hydroxylation is 1. The van der Waals surface area contributed by atoms with Crippen molar-refractivity contribution in [3.8, 4) is 0 Å². The van der Waals surface area contributed by atoms with E-state index in [9.17, 15) is 8.42 Å². The zero-order chi connectivity index (χ0) is 21.7. The molecule has 0 aliphatic heterocycles. The zero-order valence-electron chi connectivity index (χ0n) is 19.3. The van der Waals surface area contributed by atoms with E-state index >= 15 is 0 Å². The number of rotatable bonds is 9. The molecule has 0 atom stereocenters. The first-order chi connectivity index (χ1) is 12.9. The molecule has 0 amide bonds. The molecule has 0 radical (unpaired) electrons. The first-order valence-electron chi connectivity index (χ1n) is 10.6. The van der Waals surface area contributed by atoms with Gasteiger partial charge in [-0.25, -0.2) is 0 Å². The van der Waals surface area contributed by atoms with E-state index in [0.717, 1.165) is 30.5 Å². The van der Waals surface area contributed by atoms with Crippen LogP contribution in [0.1, 0.15) is 61.0 Å². The quantitative estimate of drug-likeness (QED) is 0.273. The number of benzene rings is 1. The zero-order valence-corrected chi connectivity index (χ0v) is 21.1. The van der Waals surface area contributed by atoms with E-state index in [1.165, 1.54) is 0 Å². The summed E-state index contributed by atoms with van der Waals surface area (Å²) in [6.45, 7) is 21.5. The lowest BCUT2D eigenvalue weighted by Gasteiger charge is -2.44. The predicted octanol–water partition coefficient (Wildman–Crippen LogP) is 6.10. The summed E-state index contributed by atoms with van der Waals surface area (Å²) in [5.74, 6) is 0.744. The minimum atomic E-state index is -3.72. The van der Waals surface area contributed by atoms with Crippen LogP contribution in [0.4, 0.5) is 0 Å². The van der Waals surface area contributed by atoms with Gasteiger partial charge in [-0.1, -0.05) is 75.9 Å². The van der Waals surface area contributed by atoms with E-state index in [1.54, 1.807) is 12.1 Å². The van der Waals surface area contributed by atoms with Crippen molar-refractivity contribution in [3.63, 3.8) is 0 Å². The molecule has 0 unspecified atom stereocenters. The molecule has 0 aliphatic carbocycles. The Morgan fingerprint density at radius 3 is 1.71 bits per heavy atom. The normalized spacial score (nSPS) is 13.6. The summed E-state index contributed by atoms with van der Waals surface area (Å²) in [4.78, 5) is 2.40. The maximum Gasteiger partial charge on any atom is 0.283 e. The van der Waals surface area contributed by atoms with Crippen molar-refractivity contribution in [2.45, 2.75) is 89.9 Å². The van der Waals surface area contributed by atoms with Gasteiger partial charge in [0.25, 0.3) is 10.0 Å². The van der Waals surface area contributed by atoms with Crippen LogP contribution in [0.2, 0.25) is 22.7 Å². The van der Waals surface area contributed by atoms with Crippen molar-refractivity contribution in [1.29, 1.82) is 0 Å². The average molecular weight is 425 g/mol. The van der Waals surface area contributed by atoms with Crippen LogP contribution in [-0.2, 0) is 10.0 Å². The van der Waals surface area contributed by atoms with Crippen molar-refractivity contribution in [1.82, 2.24) is 4.90 Å². The minimum Gasteiger partial charge on any atom is -0.360 e. The molecule has 0 saturated heterocycles. The highest BCUT2D eigenvalue weighted by molar-refractivity contribution is 7.90. The predicted molar refractivity (Wildman–Crippen MR) is 125 cm³/mol. The van der Waals surface area contributed by atoms with Crippen LogP contribution in [0.5, 0.6) is 0 Å². The van der Waals surface area contributed by atoms with E-state index < -0.39 is 18.1 Å². The molecular weight excluding hydrogens is 384 g/mol. The fraction of sp³-hybridized carbons (Fsp3) is 0.682. The van der Waals surface area contributed by atoms with Gasteiger partial charge in [0.2, 0.25) is 0 Å². The van der Waals surface area contributed by atoms with E-state index in [1.807, 2.05) is 19.1 Å². The first kappa shape index (κ1) is 24.9. The maximum atomic E-state index is 13.1. The molecule has 160 valence electrons. The van der Waals surface area contributed by atoms with Crippen LogP contribution in [0.25, 0.3) is 0 Å². The Balaban J connectivity index is 3.55. The standard InChI is InChI=1S/C22H40N2O2SSi/c1-10-24(11-2)22(16-28(17(3)4,18(5)6)19(7)8)23-27(25,26)21-14-12-20(9)13-15-21/h12-15,17-19H,10-11,16H2,1-9H3/b23-22+. The fourth-order valence-electron chi connectivity index (χ4n) is 4.58. The Morgan fingerprint density at radius 2 is 1.36 bits per heavy atom. The molecule has 1 aromatic carbocycles. The number of hydrogen-bond donors (Lipinski definition) is 0. The topological polar surface area (TPSA) is 49.7 Å². The Labute approximate surface area is 174 Å². The van der Waals surface area contributed by atoms with Gasteiger partial charge >= 0.3 is 0 Å². The third-order valence-electron chi connectivity index (χ3n) is 6.36. The molecule has 0 N–H and O–H groups in total. The SMILES string of the molecule is CCN(CC)/C(C[Si](C(C)C)(C(C)C)C(C)C)=N/S(=O)(=O)c1ccc(C)cc1. The summed E-state index contributed by atoms with van der Waals surface area (Å²) in [5, 5.41) is 0. The molecule has 1 aromatic rings. The van der Waals surface area contributed by atoms with Gasteiger partial charge in [-0.05, 0) is 32.9 Å². The largest absolute Gasteiger partial charge is 0.360 e. The lowest BCUT2D eigenvalue weighted by atomic mass is 10.2. The van der Waals surface area contributed by atoms with Crippen LogP contribution in [0.15, 0.2) is 33.6 Å². The monoisotopic (exact) mass is 424 g/mol. The Morgan fingerprint density at radius 1 is 0.929 bits per heavy atom. The summed E-state index contributed by atoms with van der Waals surface area (Å²) in [5.41, 5.74) is 2.69. The molecule has 0 bridgehead atoms. The number of hydrogen-bond acceptors (Lipinski definition) is 2. The summed E-state index contributed by atoms with van der Waals surface area (Å²) in [6.07, 6.45) is 0. The van der Waals surface area contributed by atoms with Gasteiger partial charge in [0.05, 0.1) is 13.0 Å². The molecule has 1 rings (SSSR count). The van der Waals surface area contributed by atoms with Crippen molar-refractivity contribution >= 4 is 23.9 Å². The summed E-state index contributed by atoms with van der Waals surface area (Å²) >= 11 is 0. The van der Waals surface area contributed by atoms with Crippen LogP contribution in [0, 0.1) is 6.92 Å². The van der Waals surface area contributed by atoms with Gasteiger partial charge in [-0.2, -0.15) is 8.42 Å². The van der Waals surface area contributed by atoms with E-state index in [0.29, 0.717) is 16.6 Å². The molecule has 4 nitrogen and oxygen atoms in total. The summed E-state index contributed by atoms with van der Waals surface area (Å²) in [6, 6.07) is 7.77.